The first-order valence-corrected chi connectivity index (χ1v) is 14.0. The van der Waals surface area contributed by atoms with Gasteiger partial charge < -0.3 is 15.0 Å². The highest BCUT2D eigenvalue weighted by Gasteiger charge is 2.34. The fraction of sp³-hybridized carbons (Fsp3) is 0.600. The third-order valence-corrected chi connectivity index (χ3v) is 7.83. The molecule has 9 heteroatoms. The second-order valence-corrected chi connectivity index (χ2v) is 10.9. The van der Waals surface area contributed by atoms with Gasteiger partial charge in [-0.15, -0.1) is 0 Å². The summed E-state index contributed by atoms with van der Waals surface area (Å²) < 4.78 is 16.6. The first-order valence-electron chi connectivity index (χ1n) is 12.2. The van der Waals surface area contributed by atoms with Gasteiger partial charge >= 0.3 is 0 Å². The van der Waals surface area contributed by atoms with Crippen LogP contribution in [-0.4, -0.2) is 57.8 Å². The molecule has 0 radical (unpaired) electrons. The highest BCUT2D eigenvalue weighted by molar-refractivity contribution is 7.85. The van der Waals surface area contributed by atoms with E-state index in [9.17, 15) is 9.00 Å². The SMILES string of the molecule is CNc1cnn(C)c(=O)c1Cl.O=S1CCOCC1.c1ccc(N(C2CCCCC2)C2CC2)cc1. The lowest BCUT2D eigenvalue weighted by Gasteiger charge is -2.36. The molecule has 2 saturated carbocycles. The summed E-state index contributed by atoms with van der Waals surface area (Å²) in [5.41, 5.74) is 1.71. The smallest absolute Gasteiger partial charge is 0.287 e. The van der Waals surface area contributed by atoms with E-state index in [1.54, 1.807) is 14.1 Å². The van der Waals surface area contributed by atoms with E-state index in [1.807, 2.05) is 0 Å². The Morgan fingerprint density at radius 3 is 2.21 bits per heavy atom. The molecule has 0 atom stereocenters. The van der Waals surface area contributed by atoms with Crippen LogP contribution in [0, 0.1) is 0 Å². The van der Waals surface area contributed by atoms with Gasteiger partial charge in [0.25, 0.3) is 5.56 Å². The Morgan fingerprint density at radius 2 is 1.68 bits per heavy atom. The summed E-state index contributed by atoms with van der Waals surface area (Å²) in [4.78, 5) is 13.8. The van der Waals surface area contributed by atoms with Gasteiger partial charge in [0.15, 0.2) is 0 Å². The second-order valence-electron chi connectivity index (χ2n) is 8.78. The zero-order chi connectivity index (χ0) is 24.3. The number of hydrogen-bond donors (Lipinski definition) is 1. The van der Waals surface area contributed by atoms with E-state index in [0.29, 0.717) is 18.9 Å². The molecule has 0 spiro atoms. The van der Waals surface area contributed by atoms with Gasteiger partial charge in [0, 0.05) is 54.2 Å². The molecule has 7 nitrogen and oxygen atoms in total. The van der Waals surface area contributed by atoms with Crippen molar-refractivity contribution in [2.45, 2.75) is 57.0 Å². The number of para-hydroxylation sites is 1. The Kier molecular flexibility index (Phi) is 10.9. The van der Waals surface area contributed by atoms with Gasteiger partial charge in [-0.25, -0.2) is 4.68 Å². The molecule has 3 aliphatic rings. The minimum atomic E-state index is -0.565. The predicted octanol–water partition coefficient (Wildman–Crippen LogP) is 4.23. The molecule has 2 aliphatic carbocycles. The van der Waals surface area contributed by atoms with E-state index in [4.69, 9.17) is 16.3 Å². The van der Waals surface area contributed by atoms with Crippen LogP contribution in [0.15, 0.2) is 41.3 Å². The van der Waals surface area contributed by atoms with Crippen molar-refractivity contribution in [1.82, 2.24) is 9.78 Å². The standard InChI is InChI=1S/C15H21N.C6H8ClN3O.C4H8O2S/c1-3-7-13(8-4-1)16(15-11-12-15)14-9-5-2-6-10-14;1-8-4-3-9-10(2)6(11)5(4)7;5-7-3-1-6-2-4-7/h1,3-4,7-8,14-15H,2,5-6,9-12H2;3,8H,1-2H3;1-4H2. The summed E-state index contributed by atoms with van der Waals surface area (Å²) in [5, 5.41) is 6.69. The van der Waals surface area contributed by atoms with Gasteiger partial charge in [-0.1, -0.05) is 49.1 Å². The maximum absolute atomic E-state index is 11.1. The lowest BCUT2D eigenvalue weighted by Crippen LogP contribution is -2.38. The number of hydrogen-bond acceptors (Lipinski definition) is 6. The van der Waals surface area contributed by atoms with Crippen molar-refractivity contribution < 1.29 is 8.95 Å². The fourth-order valence-electron chi connectivity index (χ4n) is 4.22. The van der Waals surface area contributed by atoms with E-state index in [-0.39, 0.29) is 10.6 Å². The largest absolute Gasteiger partial charge is 0.385 e. The second kappa shape index (κ2) is 13.9. The first kappa shape index (κ1) is 26.7. The van der Waals surface area contributed by atoms with Crippen molar-refractivity contribution in [2.24, 2.45) is 7.05 Å². The number of halogens is 1. The van der Waals surface area contributed by atoms with Crippen LogP contribution in [0.2, 0.25) is 5.02 Å². The molecule has 1 saturated heterocycles. The van der Waals surface area contributed by atoms with Crippen LogP contribution in [0.4, 0.5) is 11.4 Å². The zero-order valence-electron chi connectivity index (χ0n) is 20.2. The molecule has 1 N–H and O–H groups in total. The Morgan fingerprint density at radius 1 is 1.06 bits per heavy atom. The molecule has 0 amide bonds. The van der Waals surface area contributed by atoms with E-state index < -0.39 is 10.8 Å². The monoisotopic (exact) mass is 508 g/mol. The molecule has 2 heterocycles. The molecule has 188 valence electrons. The lowest BCUT2D eigenvalue weighted by molar-refractivity contribution is 0.158. The van der Waals surface area contributed by atoms with Gasteiger partial charge in [-0.2, -0.15) is 5.10 Å². The number of rotatable bonds is 4. The molecule has 0 unspecified atom stereocenters. The summed E-state index contributed by atoms with van der Waals surface area (Å²) in [5.74, 6) is 1.47. The van der Waals surface area contributed by atoms with Gasteiger partial charge in [-0.05, 0) is 37.8 Å². The molecule has 5 rings (SSSR count). The van der Waals surface area contributed by atoms with Gasteiger partial charge in [-0.3, -0.25) is 9.00 Å². The third kappa shape index (κ3) is 8.10. The minimum Gasteiger partial charge on any atom is -0.385 e. The van der Waals surface area contributed by atoms with Crippen LogP contribution < -0.4 is 15.8 Å². The van der Waals surface area contributed by atoms with Crippen molar-refractivity contribution >= 4 is 33.8 Å². The lowest BCUT2D eigenvalue weighted by atomic mass is 9.93. The van der Waals surface area contributed by atoms with Crippen molar-refractivity contribution in [3.8, 4) is 0 Å². The van der Waals surface area contributed by atoms with E-state index >= 15 is 0 Å². The summed E-state index contributed by atoms with van der Waals surface area (Å²) in [7, 11) is 2.67. The quantitative estimate of drug-likeness (QED) is 0.666. The molecule has 1 aromatic carbocycles. The van der Waals surface area contributed by atoms with Crippen LogP contribution in [0.3, 0.4) is 0 Å². The predicted molar refractivity (Wildman–Crippen MR) is 142 cm³/mol. The summed E-state index contributed by atoms with van der Waals surface area (Å²) in [6.45, 7) is 1.37. The molecular weight excluding hydrogens is 472 g/mol. The maximum atomic E-state index is 11.1. The summed E-state index contributed by atoms with van der Waals surface area (Å²) in [6.07, 6.45) is 11.4. The highest BCUT2D eigenvalue weighted by Crippen LogP contribution is 2.37. The van der Waals surface area contributed by atoms with Gasteiger partial charge in [0.2, 0.25) is 0 Å². The Labute approximate surface area is 210 Å². The van der Waals surface area contributed by atoms with E-state index in [1.165, 1.54) is 61.5 Å². The Balaban J connectivity index is 0.000000156. The summed E-state index contributed by atoms with van der Waals surface area (Å²) in [6, 6.07) is 12.7. The van der Waals surface area contributed by atoms with Crippen LogP contribution in [0.1, 0.15) is 44.9 Å². The topological polar surface area (TPSA) is 76.5 Å². The van der Waals surface area contributed by atoms with Crippen LogP contribution in [-0.2, 0) is 22.6 Å². The molecular formula is C25H37ClN4O3S. The fourth-order valence-corrected chi connectivity index (χ4v) is 5.30. The van der Waals surface area contributed by atoms with Crippen LogP contribution in [0.5, 0.6) is 0 Å². The average molecular weight is 509 g/mol. The molecule has 1 aliphatic heterocycles. The van der Waals surface area contributed by atoms with Gasteiger partial charge in [0.1, 0.15) is 5.02 Å². The number of anilines is 2. The zero-order valence-corrected chi connectivity index (χ0v) is 21.8. The number of nitrogens with one attached hydrogen (secondary N) is 1. The molecule has 34 heavy (non-hydrogen) atoms. The maximum Gasteiger partial charge on any atom is 0.287 e. The van der Waals surface area contributed by atoms with Crippen LogP contribution in [0.25, 0.3) is 0 Å². The number of ether oxygens (including phenoxy) is 1. The highest BCUT2D eigenvalue weighted by atomic mass is 35.5. The van der Waals surface area contributed by atoms with Gasteiger partial charge in [0.05, 0.1) is 25.1 Å². The molecule has 3 fully saturated rings. The minimum absolute atomic E-state index is 0.171. The van der Waals surface area contributed by atoms with Crippen molar-refractivity contribution in [1.29, 1.82) is 0 Å². The number of benzene rings is 1. The average Bonchev–Trinajstić information content (AvgIpc) is 3.71. The van der Waals surface area contributed by atoms with E-state index in [2.05, 4.69) is 45.6 Å². The number of nitrogens with zero attached hydrogens (tertiary/aromatic N) is 3. The molecule has 1 aromatic heterocycles. The van der Waals surface area contributed by atoms with Crippen molar-refractivity contribution in [3.63, 3.8) is 0 Å². The Bertz CT molecular complexity index is 954. The normalized spacial score (nSPS) is 18.7. The van der Waals surface area contributed by atoms with Crippen molar-refractivity contribution in [2.75, 3.05) is 42.0 Å². The first-order chi connectivity index (χ1) is 16.5. The summed E-state index contributed by atoms with van der Waals surface area (Å²) >= 11 is 5.66. The molecule has 2 aromatic rings. The van der Waals surface area contributed by atoms with E-state index in [0.717, 1.165) is 23.6 Å². The third-order valence-electron chi connectivity index (χ3n) is 6.22. The van der Waals surface area contributed by atoms with Crippen molar-refractivity contribution in [3.05, 3.63) is 51.9 Å². The molecule has 0 bridgehead atoms. The Hall–Kier alpha value is -1.90. The van der Waals surface area contributed by atoms with Crippen LogP contribution >= 0.6 is 11.6 Å². The number of aromatic nitrogens is 2. The number of aryl methyl sites for hydroxylation is 1.